The first-order valence-electron chi connectivity index (χ1n) is 18.3. The third-order valence-corrected chi connectivity index (χ3v) is 10.1. The summed E-state index contributed by atoms with van der Waals surface area (Å²) in [7, 11) is 1.81. The summed E-state index contributed by atoms with van der Waals surface area (Å²) >= 11 is 0. The zero-order valence-electron chi connectivity index (χ0n) is 30.0. The average molecular weight is 687 g/mol. The van der Waals surface area contributed by atoms with Gasteiger partial charge in [-0.05, 0) is 79.3 Å². The quantitative estimate of drug-likeness (QED) is 0.126. The fourth-order valence-electron chi connectivity index (χ4n) is 7.13. The summed E-state index contributed by atoms with van der Waals surface area (Å²) in [4.78, 5) is 29.3. The lowest BCUT2D eigenvalue weighted by molar-refractivity contribution is -0.157. The Morgan fingerprint density at radius 2 is 1.31 bits per heavy atom. The molecule has 7 nitrogen and oxygen atoms in total. The minimum absolute atomic E-state index is 0.0573. The highest BCUT2D eigenvalue weighted by molar-refractivity contribution is 5.98. The number of amides is 1. The molecule has 4 aromatic carbocycles. The van der Waals surface area contributed by atoms with Crippen LogP contribution in [0.3, 0.4) is 0 Å². The third-order valence-electron chi connectivity index (χ3n) is 10.1. The van der Waals surface area contributed by atoms with Crippen molar-refractivity contribution >= 4 is 17.4 Å². The van der Waals surface area contributed by atoms with E-state index in [1.807, 2.05) is 91.9 Å². The first-order valence-corrected chi connectivity index (χ1v) is 18.3. The van der Waals surface area contributed by atoms with Crippen LogP contribution in [0.4, 0.5) is 0 Å². The van der Waals surface area contributed by atoms with Crippen LogP contribution >= 0.6 is 0 Å². The number of benzene rings is 4. The van der Waals surface area contributed by atoms with Crippen LogP contribution in [0, 0.1) is 0 Å². The van der Waals surface area contributed by atoms with Gasteiger partial charge in [0.15, 0.2) is 0 Å². The Bertz CT molecular complexity index is 1790. The van der Waals surface area contributed by atoms with Crippen LogP contribution in [-0.4, -0.2) is 35.5 Å². The van der Waals surface area contributed by atoms with Gasteiger partial charge in [0.25, 0.3) is 5.91 Å². The number of ether oxygens (including phenoxy) is 3. The molecule has 51 heavy (non-hydrogen) atoms. The number of nitrogens with one attached hydrogen (secondary N) is 1. The minimum Gasteiger partial charge on any atom is -0.488 e. The number of carbonyl (C=O) groups is 2. The molecule has 2 saturated carbocycles. The highest BCUT2D eigenvalue weighted by Gasteiger charge is 2.43. The first-order chi connectivity index (χ1) is 24.8. The standard InChI is InChI=1S/C44H50N2O5/c1-32(2)38-26-39(41(50-31-34-17-8-5-9-18-34)27-40(38)49-30-33-15-6-4-7-16-33)42(47)46(3)29-36-20-14-19-35(25-36)28-45-44(23-12-13-24-44)43(48)51-37-21-10-11-22-37/h4-9,14-20,25-27,37,45H,1,10-13,21-24,28-31H2,2-3H3. The van der Waals surface area contributed by atoms with E-state index < -0.39 is 5.54 Å². The van der Waals surface area contributed by atoms with Crippen LogP contribution in [0.15, 0.2) is 104 Å². The van der Waals surface area contributed by atoms with Crippen LogP contribution in [-0.2, 0) is 35.8 Å². The second-order valence-electron chi connectivity index (χ2n) is 14.1. The van der Waals surface area contributed by atoms with Crippen LogP contribution in [0.25, 0.3) is 5.57 Å². The third kappa shape index (κ3) is 9.27. The number of nitrogens with zero attached hydrogens (tertiary/aromatic N) is 1. The largest absolute Gasteiger partial charge is 0.488 e. The molecule has 0 spiro atoms. The SMILES string of the molecule is C=C(C)c1cc(C(=O)N(C)Cc2cccc(CNC3(C(=O)OC4CCCC4)CCCC3)c2)c(OCc2ccccc2)cc1OCc1ccccc1. The second kappa shape index (κ2) is 16.9. The molecule has 1 amide bonds. The van der Waals surface area contributed by atoms with E-state index in [1.54, 1.807) is 11.9 Å². The number of allylic oxidation sites excluding steroid dienone is 1. The molecule has 0 unspecified atom stereocenters. The predicted octanol–water partition coefficient (Wildman–Crippen LogP) is 9.04. The van der Waals surface area contributed by atoms with Gasteiger partial charge in [0.2, 0.25) is 0 Å². The Labute approximate surface area is 302 Å². The van der Waals surface area contributed by atoms with E-state index in [0.29, 0.717) is 43.4 Å². The van der Waals surface area contributed by atoms with Crippen molar-refractivity contribution in [1.29, 1.82) is 0 Å². The van der Waals surface area contributed by atoms with Crippen molar-refractivity contribution in [2.75, 3.05) is 7.05 Å². The van der Waals surface area contributed by atoms with Crippen molar-refractivity contribution in [3.63, 3.8) is 0 Å². The Hall–Kier alpha value is -4.88. The van der Waals surface area contributed by atoms with Gasteiger partial charge in [0.1, 0.15) is 36.4 Å². The number of hydrogen-bond acceptors (Lipinski definition) is 6. The minimum atomic E-state index is -0.626. The molecule has 2 aliphatic rings. The lowest BCUT2D eigenvalue weighted by Crippen LogP contribution is -2.51. The van der Waals surface area contributed by atoms with E-state index in [2.05, 4.69) is 24.0 Å². The van der Waals surface area contributed by atoms with Gasteiger partial charge >= 0.3 is 5.97 Å². The van der Waals surface area contributed by atoms with Gasteiger partial charge in [0.05, 0.1) is 5.56 Å². The molecule has 0 aliphatic heterocycles. The Morgan fingerprint density at radius 3 is 1.92 bits per heavy atom. The van der Waals surface area contributed by atoms with Crippen LogP contribution in [0.1, 0.15) is 96.5 Å². The summed E-state index contributed by atoms with van der Waals surface area (Å²) in [6.07, 6.45) is 7.89. The van der Waals surface area contributed by atoms with Crippen molar-refractivity contribution in [3.8, 4) is 11.5 Å². The van der Waals surface area contributed by atoms with E-state index >= 15 is 0 Å². The molecule has 1 N–H and O–H groups in total. The fraction of sp³-hybridized carbons (Fsp3) is 0.364. The molecular formula is C44H50N2O5. The van der Waals surface area contributed by atoms with Gasteiger partial charge in [-0.3, -0.25) is 14.9 Å². The van der Waals surface area contributed by atoms with Crippen molar-refractivity contribution in [2.24, 2.45) is 0 Å². The number of hydrogen-bond donors (Lipinski definition) is 1. The molecule has 6 rings (SSSR count). The topological polar surface area (TPSA) is 77.1 Å². The van der Waals surface area contributed by atoms with Gasteiger partial charge in [0, 0.05) is 31.8 Å². The first kappa shape index (κ1) is 35.9. The Morgan fingerprint density at radius 1 is 0.745 bits per heavy atom. The number of carbonyl (C=O) groups excluding carboxylic acids is 2. The molecule has 266 valence electrons. The summed E-state index contributed by atoms with van der Waals surface area (Å²) in [5.74, 6) is 0.802. The molecule has 0 radical (unpaired) electrons. The van der Waals surface area contributed by atoms with Gasteiger partial charge in [-0.2, -0.15) is 0 Å². The maximum Gasteiger partial charge on any atom is 0.326 e. The molecule has 4 aromatic rings. The molecule has 0 saturated heterocycles. The van der Waals surface area contributed by atoms with Crippen LogP contribution in [0.5, 0.6) is 11.5 Å². The number of rotatable bonds is 15. The molecule has 0 atom stereocenters. The summed E-state index contributed by atoms with van der Waals surface area (Å²) in [6.45, 7) is 7.74. The van der Waals surface area contributed by atoms with Crippen LogP contribution in [0.2, 0.25) is 0 Å². The maximum absolute atomic E-state index is 14.2. The van der Waals surface area contributed by atoms with Gasteiger partial charge < -0.3 is 19.1 Å². The molecular weight excluding hydrogens is 636 g/mol. The molecule has 2 aliphatic carbocycles. The lowest BCUT2D eigenvalue weighted by atomic mass is 9.96. The maximum atomic E-state index is 14.2. The molecule has 2 fully saturated rings. The highest BCUT2D eigenvalue weighted by Crippen LogP contribution is 2.36. The molecule has 0 bridgehead atoms. The van der Waals surface area contributed by atoms with E-state index in [1.165, 1.54) is 0 Å². The van der Waals surface area contributed by atoms with E-state index in [-0.39, 0.29) is 18.0 Å². The zero-order valence-corrected chi connectivity index (χ0v) is 30.0. The van der Waals surface area contributed by atoms with E-state index in [4.69, 9.17) is 14.2 Å². The van der Waals surface area contributed by atoms with Crippen molar-refractivity contribution in [3.05, 3.63) is 137 Å². The predicted molar refractivity (Wildman–Crippen MR) is 201 cm³/mol. The summed E-state index contributed by atoms with van der Waals surface area (Å²) < 4.78 is 18.6. The Kier molecular flexibility index (Phi) is 11.9. The van der Waals surface area contributed by atoms with Gasteiger partial charge in [-0.25, -0.2) is 0 Å². The van der Waals surface area contributed by atoms with Crippen molar-refractivity contribution in [1.82, 2.24) is 10.2 Å². The number of esters is 1. The summed E-state index contributed by atoms with van der Waals surface area (Å²) in [5.41, 5.74) is 5.46. The van der Waals surface area contributed by atoms with Gasteiger partial charge in [-0.15, -0.1) is 0 Å². The lowest BCUT2D eigenvalue weighted by Gasteiger charge is -2.30. The zero-order chi connectivity index (χ0) is 35.6. The molecule has 0 heterocycles. The second-order valence-corrected chi connectivity index (χ2v) is 14.1. The van der Waals surface area contributed by atoms with Crippen molar-refractivity contribution < 1.29 is 23.8 Å². The highest BCUT2D eigenvalue weighted by atomic mass is 16.5. The smallest absolute Gasteiger partial charge is 0.326 e. The normalized spacial score (nSPS) is 15.3. The summed E-state index contributed by atoms with van der Waals surface area (Å²) in [5, 5.41) is 3.60. The van der Waals surface area contributed by atoms with Crippen LogP contribution < -0.4 is 14.8 Å². The Balaban J connectivity index is 1.18. The molecule has 0 aromatic heterocycles. The summed E-state index contributed by atoms with van der Waals surface area (Å²) in [6, 6.07) is 31.7. The monoisotopic (exact) mass is 686 g/mol. The van der Waals surface area contributed by atoms with Crippen molar-refractivity contribution in [2.45, 2.75) is 96.2 Å². The molecule has 7 heteroatoms. The fourth-order valence-corrected chi connectivity index (χ4v) is 7.13. The van der Waals surface area contributed by atoms with E-state index in [9.17, 15) is 9.59 Å². The van der Waals surface area contributed by atoms with Gasteiger partial charge in [-0.1, -0.05) is 104 Å². The van der Waals surface area contributed by atoms with E-state index in [0.717, 1.165) is 84.8 Å². The average Bonchev–Trinajstić information content (AvgIpc) is 3.86.